The van der Waals surface area contributed by atoms with Crippen LogP contribution < -0.4 is 5.32 Å². The van der Waals surface area contributed by atoms with Crippen molar-refractivity contribution in [2.45, 2.75) is 19.0 Å². The third-order valence-electron chi connectivity index (χ3n) is 2.57. The second-order valence-electron chi connectivity index (χ2n) is 4.03. The average molecular weight is 258 g/mol. The van der Waals surface area contributed by atoms with E-state index in [0.717, 1.165) is 5.52 Å². The normalized spacial score (nSPS) is 12.0. The van der Waals surface area contributed by atoms with Crippen LogP contribution in [0, 0.1) is 0 Å². The molecule has 0 saturated heterocycles. The fraction of sp³-hybridized carbons (Fsp3) is 0.455. The zero-order chi connectivity index (χ0) is 13.2. The first kappa shape index (κ1) is 12.7. The maximum Gasteiger partial charge on any atom is 0.389 e. The lowest BCUT2D eigenvalue weighted by atomic mass is 10.3. The highest BCUT2D eigenvalue weighted by Gasteiger charge is 2.25. The summed E-state index contributed by atoms with van der Waals surface area (Å²) in [4.78, 5) is 8.25. The van der Waals surface area contributed by atoms with Crippen LogP contribution in [0.3, 0.4) is 0 Å². The minimum Gasteiger partial charge on any atom is -0.368 e. The molecule has 0 radical (unpaired) electrons. The zero-order valence-corrected chi connectivity index (χ0v) is 9.83. The maximum atomic E-state index is 12.0. The van der Waals surface area contributed by atoms with Gasteiger partial charge in [0.05, 0.1) is 11.8 Å². The van der Waals surface area contributed by atoms with Gasteiger partial charge in [0.2, 0.25) is 0 Å². The first-order valence-electron chi connectivity index (χ1n) is 5.54. The maximum absolute atomic E-state index is 12.0. The predicted molar refractivity (Wildman–Crippen MR) is 62.3 cm³/mol. The topological polar surface area (TPSA) is 42.7 Å². The molecule has 0 aliphatic carbocycles. The van der Waals surface area contributed by atoms with Crippen molar-refractivity contribution in [2.75, 3.05) is 11.9 Å². The summed E-state index contributed by atoms with van der Waals surface area (Å²) in [6.45, 7) is 0.224. The van der Waals surface area contributed by atoms with Gasteiger partial charge < -0.3 is 9.88 Å². The van der Waals surface area contributed by atoms with Gasteiger partial charge in [-0.15, -0.1) is 0 Å². The number of hydrogen-bond acceptors (Lipinski definition) is 3. The van der Waals surface area contributed by atoms with Gasteiger partial charge in [0, 0.05) is 26.2 Å². The minimum atomic E-state index is -4.11. The molecule has 0 unspecified atom stereocenters. The highest BCUT2D eigenvalue weighted by atomic mass is 19.4. The van der Waals surface area contributed by atoms with Crippen molar-refractivity contribution in [3.63, 3.8) is 0 Å². The lowest BCUT2D eigenvalue weighted by Gasteiger charge is -2.08. The SMILES string of the molecule is Cn1cnc2c(NCCCC(F)(F)F)nccc21. The van der Waals surface area contributed by atoms with E-state index in [0.29, 0.717) is 11.3 Å². The smallest absolute Gasteiger partial charge is 0.368 e. The molecular formula is C11H13F3N4. The second-order valence-corrected chi connectivity index (χ2v) is 4.03. The van der Waals surface area contributed by atoms with Crippen molar-refractivity contribution in [3.05, 3.63) is 18.6 Å². The molecule has 0 atom stereocenters. The van der Waals surface area contributed by atoms with Crippen LogP contribution in [-0.4, -0.2) is 27.3 Å². The van der Waals surface area contributed by atoms with Crippen molar-refractivity contribution in [3.8, 4) is 0 Å². The molecule has 2 heterocycles. The number of fused-ring (bicyclic) bond motifs is 1. The van der Waals surface area contributed by atoms with Crippen LogP contribution >= 0.6 is 0 Å². The number of imidazole rings is 1. The Labute approximate surface area is 102 Å². The van der Waals surface area contributed by atoms with E-state index in [4.69, 9.17) is 0 Å². The Kier molecular flexibility index (Phi) is 3.40. The van der Waals surface area contributed by atoms with Crippen molar-refractivity contribution >= 4 is 16.9 Å². The number of pyridine rings is 1. The summed E-state index contributed by atoms with van der Waals surface area (Å²) in [7, 11) is 1.85. The van der Waals surface area contributed by atoms with Crippen LogP contribution in [0.25, 0.3) is 11.0 Å². The number of halogens is 3. The molecule has 0 aliphatic rings. The highest BCUT2D eigenvalue weighted by molar-refractivity contribution is 5.85. The number of hydrogen-bond donors (Lipinski definition) is 1. The molecule has 0 bridgehead atoms. The summed E-state index contributed by atoms with van der Waals surface area (Å²) < 4.78 is 37.8. The quantitative estimate of drug-likeness (QED) is 0.857. The van der Waals surface area contributed by atoms with Gasteiger partial charge in [-0.2, -0.15) is 13.2 Å². The van der Waals surface area contributed by atoms with Gasteiger partial charge >= 0.3 is 6.18 Å². The number of aryl methyl sites for hydroxylation is 1. The average Bonchev–Trinajstić information content (AvgIpc) is 2.67. The van der Waals surface area contributed by atoms with Crippen LogP contribution in [0.2, 0.25) is 0 Å². The van der Waals surface area contributed by atoms with Gasteiger partial charge in [-0.25, -0.2) is 9.97 Å². The van der Waals surface area contributed by atoms with Gasteiger partial charge in [-0.1, -0.05) is 0 Å². The molecule has 0 saturated carbocycles. The van der Waals surface area contributed by atoms with Crippen LogP contribution in [-0.2, 0) is 7.05 Å². The van der Waals surface area contributed by atoms with Crippen LogP contribution in [0.1, 0.15) is 12.8 Å². The molecule has 0 aliphatic heterocycles. The second kappa shape index (κ2) is 4.83. The van der Waals surface area contributed by atoms with Gasteiger partial charge in [0.15, 0.2) is 5.82 Å². The van der Waals surface area contributed by atoms with Crippen LogP contribution in [0.15, 0.2) is 18.6 Å². The van der Waals surface area contributed by atoms with E-state index in [1.54, 1.807) is 12.5 Å². The van der Waals surface area contributed by atoms with Crippen molar-refractivity contribution in [2.24, 2.45) is 7.05 Å². The Bertz CT molecular complexity index is 533. The molecule has 18 heavy (non-hydrogen) atoms. The van der Waals surface area contributed by atoms with Gasteiger partial charge in [0.25, 0.3) is 0 Å². The fourth-order valence-corrected chi connectivity index (χ4v) is 1.69. The number of nitrogens with zero attached hydrogens (tertiary/aromatic N) is 3. The number of nitrogens with one attached hydrogen (secondary N) is 1. The Balaban J connectivity index is 2.00. The fourth-order valence-electron chi connectivity index (χ4n) is 1.69. The summed E-state index contributed by atoms with van der Waals surface area (Å²) in [5.74, 6) is 0.523. The van der Waals surface area contributed by atoms with Gasteiger partial charge in [0.1, 0.15) is 5.52 Å². The summed E-state index contributed by atoms with van der Waals surface area (Å²) >= 11 is 0. The van der Waals surface area contributed by atoms with Crippen molar-refractivity contribution in [1.29, 1.82) is 0 Å². The summed E-state index contributed by atoms with van der Waals surface area (Å²) in [6.07, 6.45) is -1.62. The summed E-state index contributed by atoms with van der Waals surface area (Å²) in [6, 6.07) is 1.81. The molecule has 2 aromatic heterocycles. The van der Waals surface area contributed by atoms with Gasteiger partial charge in [-0.3, -0.25) is 0 Å². The molecule has 1 N–H and O–H groups in total. The van der Waals surface area contributed by atoms with E-state index in [9.17, 15) is 13.2 Å². The van der Waals surface area contributed by atoms with Crippen LogP contribution in [0.5, 0.6) is 0 Å². The van der Waals surface area contributed by atoms with E-state index in [1.165, 1.54) is 0 Å². The third kappa shape index (κ3) is 2.91. The Hall–Kier alpha value is -1.79. The molecule has 2 aromatic rings. The van der Waals surface area contributed by atoms with Crippen molar-refractivity contribution in [1.82, 2.24) is 14.5 Å². The van der Waals surface area contributed by atoms with E-state index in [2.05, 4.69) is 15.3 Å². The molecule has 0 spiro atoms. The molecule has 4 nitrogen and oxygen atoms in total. The Morgan fingerprint density at radius 1 is 1.33 bits per heavy atom. The number of anilines is 1. The summed E-state index contributed by atoms with van der Waals surface area (Å²) in [5, 5.41) is 2.89. The standard InChI is InChI=1S/C11H13F3N4/c1-18-7-17-9-8(18)3-6-16-10(9)15-5-2-4-11(12,13)14/h3,6-7H,2,4-5H2,1H3,(H,15,16). The van der Waals surface area contributed by atoms with E-state index in [-0.39, 0.29) is 13.0 Å². The molecule has 0 fully saturated rings. The molecule has 7 heteroatoms. The molecule has 0 amide bonds. The molecular weight excluding hydrogens is 245 g/mol. The van der Waals surface area contributed by atoms with E-state index < -0.39 is 12.6 Å². The Morgan fingerprint density at radius 2 is 2.11 bits per heavy atom. The lowest BCUT2D eigenvalue weighted by molar-refractivity contribution is -0.134. The van der Waals surface area contributed by atoms with E-state index >= 15 is 0 Å². The first-order chi connectivity index (χ1) is 8.47. The monoisotopic (exact) mass is 258 g/mol. The first-order valence-corrected chi connectivity index (χ1v) is 5.54. The number of aromatic nitrogens is 3. The number of alkyl halides is 3. The Morgan fingerprint density at radius 3 is 2.83 bits per heavy atom. The summed E-state index contributed by atoms with van der Waals surface area (Å²) in [5.41, 5.74) is 1.57. The molecule has 2 rings (SSSR count). The number of rotatable bonds is 4. The highest BCUT2D eigenvalue weighted by Crippen LogP contribution is 2.22. The van der Waals surface area contributed by atoms with E-state index in [1.807, 2.05) is 17.7 Å². The third-order valence-corrected chi connectivity index (χ3v) is 2.57. The predicted octanol–water partition coefficient (Wildman–Crippen LogP) is 2.72. The van der Waals surface area contributed by atoms with Gasteiger partial charge in [-0.05, 0) is 12.5 Å². The van der Waals surface area contributed by atoms with Crippen molar-refractivity contribution < 1.29 is 13.2 Å². The molecule has 0 aromatic carbocycles. The molecule has 98 valence electrons. The minimum absolute atomic E-state index is 0.0222. The zero-order valence-electron chi connectivity index (χ0n) is 9.83. The lowest BCUT2D eigenvalue weighted by Crippen LogP contribution is -2.11. The largest absolute Gasteiger partial charge is 0.389 e. The van der Waals surface area contributed by atoms with Crippen LogP contribution in [0.4, 0.5) is 19.0 Å².